The van der Waals surface area contributed by atoms with E-state index in [1.54, 1.807) is 11.0 Å². The van der Waals surface area contributed by atoms with Crippen LogP contribution >= 0.6 is 0 Å². The van der Waals surface area contributed by atoms with Gasteiger partial charge in [0.05, 0.1) is 6.54 Å². The smallest absolute Gasteiger partial charge is 0.223 e. The van der Waals surface area contributed by atoms with Gasteiger partial charge in [-0.1, -0.05) is 31.7 Å². The number of anilines is 1. The predicted octanol–water partition coefficient (Wildman–Crippen LogP) is 1.46. The van der Waals surface area contributed by atoms with Gasteiger partial charge < -0.3 is 15.6 Å². The number of carbonyl (C=O) groups excluding carboxylic acids is 1. The summed E-state index contributed by atoms with van der Waals surface area (Å²) >= 11 is 0. The molecule has 19 heavy (non-hydrogen) atoms. The summed E-state index contributed by atoms with van der Waals surface area (Å²) in [7, 11) is 0. The summed E-state index contributed by atoms with van der Waals surface area (Å²) in [5.74, 6) is 5.99. The van der Waals surface area contributed by atoms with Gasteiger partial charge in [0.15, 0.2) is 0 Å². The second-order valence-electron chi connectivity index (χ2n) is 3.61. The van der Waals surface area contributed by atoms with Gasteiger partial charge >= 0.3 is 0 Å². The van der Waals surface area contributed by atoms with E-state index in [-0.39, 0.29) is 38.6 Å². The third-order valence-corrected chi connectivity index (χ3v) is 2.38. The molecule has 2 N–H and O–H groups in total. The average molecular weight is 333 g/mol. The molecule has 0 unspecified atom stereocenters. The maximum absolute atomic E-state index is 11.3. The number of hydrogen-bond acceptors (Lipinski definition) is 3. The van der Waals surface area contributed by atoms with Gasteiger partial charge in [0.25, 0.3) is 0 Å². The number of pyridine rings is 1. The summed E-state index contributed by atoms with van der Waals surface area (Å²) in [6.45, 7) is 5.29. The second kappa shape index (κ2) is 9.94. The Morgan fingerprint density at radius 2 is 2.26 bits per heavy atom. The fourth-order valence-corrected chi connectivity index (χ4v) is 1.53. The second-order valence-corrected chi connectivity index (χ2v) is 3.61. The van der Waals surface area contributed by atoms with Gasteiger partial charge in [0.1, 0.15) is 0 Å². The summed E-state index contributed by atoms with van der Waals surface area (Å²) < 4.78 is 0. The Bertz CT molecular complexity index is 448. The Labute approximate surface area is 140 Å². The van der Waals surface area contributed by atoms with E-state index in [1.165, 1.54) is 6.20 Å². The minimum absolute atomic E-state index is 0. The van der Waals surface area contributed by atoms with Gasteiger partial charge in [0.2, 0.25) is 5.91 Å². The summed E-state index contributed by atoms with van der Waals surface area (Å²) in [5, 5.41) is 0. The van der Waals surface area contributed by atoms with E-state index in [9.17, 15) is 4.79 Å². The fourth-order valence-electron chi connectivity index (χ4n) is 1.53. The van der Waals surface area contributed by atoms with Crippen molar-refractivity contribution in [3.05, 3.63) is 24.0 Å². The van der Waals surface area contributed by atoms with Crippen molar-refractivity contribution in [3.8, 4) is 11.8 Å². The van der Waals surface area contributed by atoms with Gasteiger partial charge in [-0.3, -0.25) is 4.79 Å². The molecule has 1 aromatic heterocycles. The predicted molar refractivity (Wildman–Crippen MR) is 71.5 cm³/mol. The van der Waals surface area contributed by atoms with Gasteiger partial charge in [-0.2, -0.15) is 6.07 Å². The molecule has 0 aromatic carbocycles. The van der Waals surface area contributed by atoms with Crippen LogP contribution in [-0.4, -0.2) is 28.9 Å². The zero-order valence-corrected chi connectivity index (χ0v) is 14.3. The normalized spacial score (nSPS) is 12.7. The van der Waals surface area contributed by atoms with E-state index in [1.807, 2.05) is 13.8 Å². The molecule has 0 saturated carbocycles. The van der Waals surface area contributed by atoms with Gasteiger partial charge in [0, 0.05) is 45.7 Å². The monoisotopic (exact) mass is 333 g/mol. The topological polar surface area (TPSA) is 59.2 Å². The van der Waals surface area contributed by atoms with E-state index >= 15 is 0 Å². The first-order valence-corrected chi connectivity index (χ1v) is 6.15. The molecule has 1 aliphatic rings. The average Bonchev–Trinajstić information content (AvgIpc) is 2.80. The van der Waals surface area contributed by atoms with Crippen LogP contribution in [0.2, 0.25) is 0 Å². The molecule has 5 heteroatoms. The zero-order chi connectivity index (χ0) is 13.4. The number of likely N-dealkylation sites (tertiary alicyclic amines) is 1. The van der Waals surface area contributed by atoms with Crippen LogP contribution in [-0.2, 0) is 37.5 Å². The molecule has 0 spiro atoms. The first-order chi connectivity index (χ1) is 8.75. The Morgan fingerprint density at radius 3 is 2.79 bits per heavy atom. The van der Waals surface area contributed by atoms with E-state index in [2.05, 4.69) is 22.9 Å². The van der Waals surface area contributed by atoms with E-state index in [0.717, 1.165) is 13.0 Å². The van der Waals surface area contributed by atoms with Crippen LogP contribution in [0.1, 0.15) is 32.4 Å². The molecule has 0 aliphatic carbocycles. The van der Waals surface area contributed by atoms with Gasteiger partial charge in [-0.25, -0.2) is 0 Å². The Balaban J connectivity index is 0.00000103. The number of nitrogen functional groups attached to an aromatic ring is 1. The first-order valence-electron chi connectivity index (χ1n) is 6.15. The van der Waals surface area contributed by atoms with Gasteiger partial charge in [-0.15, -0.1) is 12.0 Å². The number of aromatic nitrogens is 1. The number of carbonyl (C=O) groups is 1. The Hall–Kier alpha value is -0.916. The van der Waals surface area contributed by atoms with Crippen LogP contribution in [0.5, 0.6) is 0 Å². The van der Waals surface area contributed by atoms with E-state index in [0.29, 0.717) is 24.3 Å². The summed E-state index contributed by atoms with van der Waals surface area (Å²) in [6, 6.07) is 4.47. The molecule has 1 amide bonds. The molecule has 0 bridgehead atoms. The third kappa shape index (κ3) is 6.18. The first kappa shape index (κ1) is 18.1. The molecule has 1 aliphatic heterocycles. The summed E-state index contributed by atoms with van der Waals surface area (Å²) in [4.78, 5) is 17.1. The van der Waals surface area contributed by atoms with E-state index in [4.69, 9.17) is 5.73 Å². The Kier molecular flexibility index (Phi) is 9.46. The van der Waals surface area contributed by atoms with Crippen molar-refractivity contribution in [2.24, 2.45) is 0 Å². The molecular weight excluding hydrogens is 315 g/mol. The van der Waals surface area contributed by atoms with Crippen molar-refractivity contribution in [3.63, 3.8) is 0 Å². The summed E-state index contributed by atoms with van der Waals surface area (Å²) in [5.41, 5.74) is 6.58. The third-order valence-electron chi connectivity index (χ3n) is 2.38. The molecule has 0 atom stereocenters. The van der Waals surface area contributed by atoms with Crippen LogP contribution in [0.25, 0.3) is 0 Å². The molecule has 2 rings (SSSR count). The van der Waals surface area contributed by atoms with Crippen molar-refractivity contribution in [2.45, 2.75) is 26.7 Å². The quantitative estimate of drug-likeness (QED) is 0.625. The van der Waals surface area contributed by atoms with Crippen LogP contribution in [0.15, 0.2) is 12.3 Å². The molecular formula is C14H18N3OY-. The molecule has 1 radical (unpaired) electrons. The maximum Gasteiger partial charge on any atom is 0.223 e. The molecule has 1 fully saturated rings. The molecule has 4 nitrogen and oxygen atoms in total. The van der Waals surface area contributed by atoms with Crippen molar-refractivity contribution >= 4 is 11.6 Å². The number of nitrogens with zero attached hydrogens (tertiary/aromatic N) is 2. The standard InChI is InChI=1S/C12H12N3O.C2H6.Y/c13-10-5-6-11(14-9-10)3-1-7-15-8-2-4-12(15)16;1-2;/h6,9H,2,4,7-8,13H2;1-2H3;/q-1;;. The molecule has 99 valence electrons. The number of nitrogens with two attached hydrogens (primary N) is 1. The fraction of sp³-hybridized carbons (Fsp3) is 0.429. The van der Waals surface area contributed by atoms with Crippen molar-refractivity contribution < 1.29 is 37.5 Å². The Morgan fingerprint density at radius 1 is 1.53 bits per heavy atom. The van der Waals surface area contributed by atoms with Crippen LogP contribution in [0, 0.1) is 17.9 Å². The van der Waals surface area contributed by atoms with Crippen molar-refractivity contribution in [2.75, 3.05) is 18.8 Å². The molecule has 2 heterocycles. The van der Waals surface area contributed by atoms with Crippen LogP contribution < -0.4 is 5.73 Å². The van der Waals surface area contributed by atoms with Crippen molar-refractivity contribution in [1.82, 2.24) is 9.88 Å². The van der Waals surface area contributed by atoms with Gasteiger partial charge in [-0.05, 0) is 12.1 Å². The number of amides is 1. The minimum atomic E-state index is 0. The number of rotatable bonds is 1. The number of hydrogen-bond donors (Lipinski definition) is 1. The zero-order valence-electron chi connectivity index (χ0n) is 11.4. The molecule has 1 saturated heterocycles. The minimum Gasteiger partial charge on any atom is -0.418 e. The van der Waals surface area contributed by atoms with E-state index < -0.39 is 0 Å². The molecule has 1 aromatic rings. The largest absolute Gasteiger partial charge is 0.418 e. The van der Waals surface area contributed by atoms with Crippen LogP contribution in [0.4, 0.5) is 5.69 Å². The SMILES string of the molecule is CC.Nc1[c-]cc(C#CCN2CCCC2=O)nc1.[Y]. The van der Waals surface area contributed by atoms with Crippen molar-refractivity contribution in [1.29, 1.82) is 0 Å². The summed E-state index contributed by atoms with van der Waals surface area (Å²) in [6.07, 6.45) is 3.11. The maximum atomic E-state index is 11.3. The van der Waals surface area contributed by atoms with Crippen LogP contribution in [0.3, 0.4) is 0 Å².